The van der Waals surface area contributed by atoms with Gasteiger partial charge in [-0.2, -0.15) is 0 Å². The highest BCUT2D eigenvalue weighted by Gasteiger charge is 2.17. The van der Waals surface area contributed by atoms with Crippen LogP contribution in [0.2, 0.25) is 0 Å². The highest BCUT2D eigenvalue weighted by Crippen LogP contribution is 2.30. The van der Waals surface area contributed by atoms with Crippen molar-refractivity contribution in [2.24, 2.45) is 0 Å². The molecule has 0 heterocycles. The zero-order chi connectivity index (χ0) is 16.2. The van der Waals surface area contributed by atoms with Crippen molar-refractivity contribution in [2.45, 2.75) is 38.5 Å². The molecule has 0 saturated heterocycles. The molecule has 0 aliphatic heterocycles. The van der Waals surface area contributed by atoms with E-state index < -0.39 is 0 Å². The molecule has 0 aliphatic carbocycles. The summed E-state index contributed by atoms with van der Waals surface area (Å²) in [4.78, 5) is 0. The third-order valence-corrected chi connectivity index (χ3v) is 4.11. The van der Waals surface area contributed by atoms with E-state index in [9.17, 15) is 4.39 Å². The Morgan fingerprint density at radius 3 is 2.23 bits per heavy atom. The zero-order valence-electron chi connectivity index (χ0n) is 14.0. The number of halogens is 1. The highest BCUT2D eigenvalue weighted by molar-refractivity contribution is 5.36. The van der Waals surface area contributed by atoms with Gasteiger partial charge in [0.15, 0.2) is 0 Å². The molecule has 2 aromatic rings. The molecule has 0 spiro atoms. The quantitative estimate of drug-likeness (QED) is 0.831. The van der Waals surface area contributed by atoms with Gasteiger partial charge in [-0.05, 0) is 54.3 Å². The molecule has 0 aromatic heterocycles. The first kappa shape index (κ1) is 16.7. The van der Waals surface area contributed by atoms with Crippen molar-refractivity contribution in [3.63, 3.8) is 0 Å². The van der Waals surface area contributed by atoms with Gasteiger partial charge in [-0.15, -0.1) is 0 Å². The average molecular weight is 299 g/mol. The van der Waals surface area contributed by atoms with E-state index in [1.165, 1.54) is 17.2 Å². The molecule has 0 aliphatic rings. The van der Waals surface area contributed by atoms with Crippen LogP contribution in [0.4, 0.5) is 4.39 Å². The fourth-order valence-electron chi connectivity index (χ4n) is 2.75. The van der Waals surface area contributed by atoms with E-state index in [4.69, 9.17) is 0 Å². The van der Waals surface area contributed by atoms with E-state index in [1.54, 1.807) is 12.1 Å². The Hall–Kier alpha value is -1.67. The van der Waals surface area contributed by atoms with Gasteiger partial charge in [-0.1, -0.05) is 57.2 Å². The molecule has 0 saturated carbocycles. The van der Waals surface area contributed by atoms with Crippen molar-refractivity contribution in [1.82, 2.24) is 5.32 Å². The molecule has 1 atom stereocenters. The van der Waals surface area contributed by atoms with E-state index >= 15 is 0 Å². The van der Waals surface area contributed by atoms with Gasteiger partial charge in [-0.25, -0.2) is 4.39 Å². The Bertz CT molecular complexity index is 596. The zero-order valence-corrected chi connectivity index (χ0v) is 14.0. The molecule has 1 nitrogen and oxygen atoms in total. The van der Waals surface area contributed by atoms with E-state index in [0.29, 0.717) is 0 Å². The van der Waals surface area contributed by atoms with Crippen molar-refractivity contribution < 1.29 is 4.39 Å². The van der Waals surface area contributed by atoms with Crippen molar-refractivity contribution >= 4 is 0 Å². The van der Waals surface area contributed by atoms with Crippen LogP contribution in [0.15, 0.2) is 48.5 Å². The molecule has 1 unspecified atom stereocenters. The third kappa shape index (κ3) is 4.17. The summed E-state index contributed by atoms with van der Waals surface area (Å²) in [7, 11) is 1.95. The number of rotatable bonds is 5. The maximum atomic E-state index is 13.6. The minimum absolute atomic E-state index is 0.151. The Morgan fingerprint density at radius 1 is 1.00 bits per heavy atom. The molecule has 0 radical (unpaired) electrons. The van der Waals surface area contributed by atoms with Crippen LogP contribution in [0.5, 0.6) is 0 Å². The van der Waals surface area contributed by atoms with Gasteiger partial charge < -0.3 is 5.32 Å². The predicted molar refractivity (Wildman–Crippen MR) is 91.9 cm³/mol. The topological polar surface area (TPSA) is 12.0 Å². The lowest BCUT2D eigenvalue weighted by Crippen LogP contribution is -2.14. The summed E-state index contributed by atoms with van der Waals surface area (Å²) in [5.41, 5.74) is 3.76. The van der Waals surface area contributed by atoms with E-state index in [-0.39, 0.29) is 17.2 Å². The lowest BCUT2D eigenvalue weighted by molar-refractivity contribution is 0.589. The summed E-state index contributed by atoms with van der Waals surface area (Å²) in [5, 5.41) is 3.19. The Morgan fingerprint density at radius 2 is 1.68 bits per heavy atom. The van der Waals surface area contributed by atoms with Crippen LogP contribution in [0, 0.1) is 5.82 Å². The molecule has 2 aromatic carbocycles. The smallest absolute Gasteiger partial charge is 0.123 e. The maximum Gasteiger partial charge on any atom is 0.123 e. The number of benzene rings is 2. The van der Waals surface area contributed by atoms with Crippen molar-refractivity contribution in [2.75, 3.05) is 13.6 Å². The van der Waals surface area contributed by atoms with Gasteiger partial charge in [-0.3, -0.25) is 0 Å². The third-order valence-electron chi connectivity index (χ3n) is 4.11. The van der Waals surface area contributed by atoms with E-state index in [0.717, 1.165) is 18.5 Å². The summed E-state index contributed by atoms with van der Waals surface area (Å²) < 4.78 is 13.6. The molecular formula is C20H26FN. The van der Waals surface area contributed by atoms with Crippen LogP contribution in [0.3, 0.4) is 0 Å². The Kier molecular flexibility index (Phi) is 5.36. The van der Waals surface area contributed by atoms with Crippen LogP contribution in [-0.2, 0) is 5.41 Å². The van der Waals surface area contributed by atoms with Gasteiger partial charge in [0, 0.05) is 5.92 Å². The summed E-state index contributed by atoms with van der Waals surface area (Å²) in [5.74, 6) is 0.0513. The van der Waals surface area contributed by atoms with Gasteiger partial charge in [0.25, 0.3) is 0 Å². The molecule has 2 rings (SSSR count). The van der Waals surface area contributed by atoms with Gasteiger partial charge >= 0.3 is 0 Å². The first-order valence-electron chi connectivity index (χ1n) is 7.92. The summed E-state index contributed by atoms with van der Waals surface area (Å²) in [6.07, 6.45) is 0.953. The van der Waals surface area contributed by atoms with E-state index in [2.05, 4.69) is 50.4 Å². The predicted octanol–water partition coefficient (Wildman–Crippen LogP) is 4.86. The number of hydrogen-bond acceptors (Lipinski definition) is 1. The van der Waals surface area contributed by atoms with Crippen molar-refractivity contribution in [1.29, 1.82) is 0 Å². The van der Waals surface area contributed by atoms with Crippen LogP contribution in [0.25, 0.3) is 0 Å². The second kappa shape index (κ2) is 7.06. The first-order valence-corrected chi connectivity index (χ1v) is 7.92. The summed E-state index contributed by atoms with van der Waals surface area (Å²) in [6.45, 7) is 7.55. The number of nitrogens with one attached hydrogen (secondary N) is 1. The van der Waals surface area contributed by atoms with E-state index in [1.807, 2.05) is 13.1 Å². The normalized spacial score (nSPS) is 13.1. The van der Waals surface area contributed by atoms with Crippen LogP contribution >= 0.6 is 0 Å². The standard InChI is InChI=1S/C20H26FN/c1-20(2,3)17-10-8-15(9-11-17)19(12-13-22-4)16-6-5-7-18(21)14-16/h5-11,14,19,22H,12-13H2,1-4H3. The maximum absolute atomic E-state index is 13.6. The largest absolute Gasteiger partial charge is 0.320 e. The van der Waals surface area contributed by atoms with Crippen molar-refractivity contribution in [3.8, 4) is 0 Å². The molecule has 1 N–H and O–H groups in total. The lowest BCUT2D eigenvalue weighted by Gasteiger charge is -2.22. The SMILES string of the molecule is CNCCC(c1ccc(C(C)(C)C)cc1)c1cccc(F)c1. The second-order valence-corrected chi connectivity index (χ2v) is 6.87. The average Bonchev–Trinajstić information content (AvgIpc) is 2.47. The minimum atomic E-state index is -0.168. The van der Waals surface area contributed by atoms with Crippen LogP contribution in [0.1, 0.15) is 49.8 Å². The molecule has 0 amide bonds. The molecule has 0 fully saturated rings. The second-order valence-electron chi connectivity index (χ2n) is 6.87. The van der Waals surface area contributed by atoms with Crippen LogP contribution < -0.4 is 5.32 Å². The first-order chi connectivity index (χ1) is 10.4. The summed E-state index contributed by atoms with van der Waals surface area (Å²) >= 11 is 0. The number of hydrogen-bond donors (Lipinski definition) is 1. The minimum Gasteiger partial charge on any atom is -0.320 e. The fourth-order valence-corrected chi connectivity index (χ4v) is 2.75. The highest BCUT2D eigenvalue weighted by atomic mass is 19.1. The van der Waals surface area contributed by atoms with Gasteiger partial charge in [0.05, 0.1) is 0 Å². The molecule has 2 heteroatoms. The van der Waals surface area contributed by atoms with Crippen LogP contribution in [-0.4, -0.2) is 13.6 Å². The van der Waals surface area contributed by atoms with Crippen molar-refractivity contribution in [3.05, 3.63) is 71.0 Å². The molecule has 118 valence electrons. The monoisotopic (exact) mass is 299 g/mol. The Labute approximate surface area is 133 Å². The lowest BCUT2D eigenvalue weighted by atomic mass is 9.83. The molecular weight excluding hydrogens is 273 g/mol. The Balaban J connectivity index is 2.33. The molecule has 22 heavy (non-hydrogen) atoms. The van der Waals surface area contributed by atoms with Gasteiger partial charge in [0.1, 0.15) is 5.82 Å². The summed E-state index contributed by atoms with van der Waals surface area (Å²) in [6, 6.07) is 15.7. The molecule has 0 bridgehead atoms. The fraction of sp³-hybridized carbons (Fsp3) is 0.400. The van der Waals surface area contributed by atoms with Gasteiger partial charge in [0.2, 0.25) is 0 Å².